The summed E-state index contributed by atoms with van der Waals surface area (Å²) < 4.78 is 9.87. The molecule has 58 valence electrons. The van der Waals surface area contributed by atoms with E-state index in [0.717, 1.165) is 5.57 Å². The number of hydrogen-bond acceptors (Lipinski definition) is 3. The highest BCUT2D eigenvalue weighted by molar-refractivity contribution is 5.26. The van der Waals surface area contributed by atoms with Gasteiger partial charge in [0.05, 0.1) is 0 Å². The van der Waals surface area contributed by atoms with Crippen LogP contribution < -0.4 is 0 Å². The van der Waals surface area contributed by atoms with Crippen LogP contribution in [-0.2, 0) is 9.47 Å². The second kappa shape index (κ2) is 5.14. The number of ether oxygens (including phenoxy) is 2. The molecule has 10 heavy (non-hydrogen) atoms. The van der Waals surface area contributed by atoms with E-state index in [0.29, 0.717) is 0 Å². The highest BCUT2D eigenvalue weighted by Crippen LogP contribution is 2.04. The molecule has 0 rings (SSSR count). The van der Waals surface area contributed by atoms with Crippen LogP contribution in [0.3, 0.4) is 0 Å². The Morgan fingerprint density at radius 1 is 1.50 bits per heavy atom. The van der Waals surface area contributed by atoms with Gasteiger partial charge >= 0.3 is 0 Å². The van der Waals surface area contributed by atoms with Gasteiger partial charge in [-0.25, -0.2) is 0 Å². The fourth-order valence-electron chi connectivity index (χ4n) is 0.673. The van der Waals surface area contributed by atoms with Crippen molar-refractivity contribution in [2.24, 2.45) is 4.99 Å². The Labute approximate surface area is 61.4 Å². The third-order valence-electron chi connectivity index (χ3n) is 1.09. The normalized spacial score (nSPS) is 12.2. The number of hydrogen-bond donors (Lipinski definition) is 0. The third-order valence-corrected chi connectivity index (χ3v) is 1.09. The lowest BCUT2D eigenvalue weighted by Crippen LogP contribution is -2.13. The maximum absolute atomic E-state index is 4.94. The predicted molar refractivity (Wildman–Crippen MR) is 41.1 cm³/mol. The standard InChI is InChI=1S/C7H13NO2/c1-6(5-8-2)7(9-3)10-4/h5,7H,2H2,1,3-4H3/b6-5+. The fourth-order valence-corrected chi connectivity index (χ4v) is 0.673. The minimum absolute atomic E-state index is 0.300. The number of aliphatic imine (C=N–C) groups is 1. The highest BCUT2D eigenvalue weighted by atomic mass is 16.7. The summed E-state index contributed by atoms with van der Waals surface area (Å²) in [5, 5.41) is 0. The smallest absolute Gasteiger partial charge is 0.180 e. The zero-order valence-electron chi connectivity index (χ0n) is 6.63. The van der Waals surface area contributed by atoms with Crippen LogP contribution in [0.15, 0.2) is 16.8 Å². The molecular weight excluding hydrogens is 130 g/mol. The molecule has 0 aromatic carbocycles. The third kappa shape index (κ3) is 2.75. The van der Waals surface area contributed by atoms with Gasteiger partial charge in [0.15, 0.2) is 6.29 Å². The van der Waals surface area contributed by atoms with E-state index in [4.69, 9.17) is 9.47 Å². The zero-order valence-corrected chi connectivity index (χ0v) is 6.63. The molecule has 0 aliphatic rings. The Morgan fingerprint density at radius 3 is 2.30 bits per heavy atom. The van der Waals surface area contributed by atoms with Crippen molar-refractivity contribution in [2.45, 2.75) is 13.2 Å². The average Bonchev–Trinajstić information content (AvgIpc) is 1.91. The zero-order chi connectivity index (χ0) is 7.98. The Morgan fingerprint density at radius 2 is 2.00 bits per heavy atom. The van der Waals surface area contributed by atoms with Crippen molar-refractivity contribution in [1.29, 1.82) is 0 Å². The molecule has 0 bridgehead atoms. The van der Waals surface area contributed by atoms with E-state index in [1.807, 2.05) is 6.92 Å². The Bertz CT molecular complexity index is 128. The molecule has 0 aliphatic heterocycles. The van der Waals surface area contributed by atoms with E-state index < -0.39 is 0 Å². The van der Waals surface area contributed by atoms with Gasteiger partial charge in [-0.15, -0.1) is 0 Å². The Kier molecular flexibility index (Phi) is 4.80. The van der Waals surface area contributed by atoms with Gasteiger partial charge < -0.3 is 9.47 Å². The molecule has 3 nitrogen and oxygen atoms in total. The fraction of sp³-hybridized carbons (Fsp3) is 0.571. The van der Waals surface area contributed by atoms with Gasteiger partial charge in [0, 0.05) is 26.0 Å². The number of methoxy groups -OCH3 is 2. The SMILES string of the molecule is C=N/C=C(\C)C(OC)OC. The molecule has 3 heteroatoms. The first kappa shape index (κ1) is 9.33. The van der Waals surface area contributed by atoms with Crippen molar-refractivity contribution < 1.29 is 9.47 Å². The maximum atomic E-state index is 4.94. The van der Waals surface area contributed by atoms with Gasteiger partial charge in [0.25, 0.3) is 0 Å². The Balaban J connectivity index is 3.99. The van der Waals surface area contributed by atoms with Gasteiger partial charge in [0.2, 0.25) is 0 Å². The molecule has 0 heterocycles. The van der Waals surface area contributed by atoms with Gasteiger partial charge in [-0.2, -0.15) is 0 Å². The largest absolute Gasteiger partial charge is 0.352 e. The molecule has 0 amide bonds. The van der Waals surface area contributed by atoms with Gasteiger partial charge in [-0.05, 0) is 13.6 Å². The van der Waals surface area contributed by atoms with Crippen LogP contribution in [-0.4, -0.2) is 27.2 Å². The van der Waals surface area contributed by atoms with Crippen molar-refractivity contribution in [3.05, 3.63) is 11.8 Å². The predicted octanol–water partition coefficient (Wildman–Crippen LogP) is 1.21. The molecule has 0 unspecified atom stereocenters. The summed E-state index contributed by atoms with van der Waals surface area (Å²) >= 11 is 0. The average molecular weight is 143 g/mol. The second-order valence-corrected chi connectivity index (χ2v) is 1.86. The summed E-state index contributed by atoms with van der Waals surface area (Å²) in [5.41, 5.74) is 0.903. The summed E-state index contributed by atoms with van der Waals surface area (Å²) in [7, 11) is 3.16. The molecule has 0 N–H and O–H groups in total. The van der Waals surface area contributed by atoms with Crippen molar-refractivity contribution >= 4 is 6.72 Å². The molecule has 0 fully saturated rings. The molecule has 0 spiro atoms. The Hall–Kier alpha value is -0.670. The minimum atomic E-state index is -0.300. The van der Waals surface area contributed by atoms with Crippen molar-refractivity contribution in [3.63, 3.8) is 0 Å². The van der Waals surface area contributed by atoms with E-state index in [2.05, 4.69) is 11.7 Å². The summed E-state index contributed by atoms with van der Waals surface area (Å²) in [6.45, 7) is 5.18. The lowest BCUT2D eigenvalue weighted by Gasteiger charge is -2.12. The first-order valence-electron chi connectivity index (χ1n) is 2.94. The molecular formula is C7H13NO2. The molecule has 0 atom stereocenters. The first-order valence-corrected chi connectivity index (χ1v) is 2.94. The summed E-state index contributed by atoms with van der Waals surface area (Å²) in [4.78, 5) is 3.58. The number of rotatable bonds is 4. The van der Waals surface area contributed by atoms with E-state index in [9.17, 15) is 0 Å². The van der Waals surface area contributed by atoms with E-state index >= 15 is 0 Å². The quantitative estimate of drug-likeness (QED) is 0.437. The van der Waals surface area contributed by atoms with Crippen LogP contribution in [0, 0.1) is 0 Å². The summed E-state index contributed by atoms with van der Waals surface area (Å²) in [6.07, 6.45) is 1.31. The molecule has 0 radical (unpaired) electrons. The molecule has 0 saturated carbocycles. The van der Waals surface area contributed by atoms with Crippen LogP contribution >= 0.6 is 0 Å². The minimum Gasteiger partial charge on any atom is -0.352 e. The van der Waals surface area contributed by atoms with Crippen LogP contribution in [0.1, 0.15) is 6.92 Å². The van der Waals surface area contributed by atoms with E-state index in [1.165, 1.54) is 0 Å². The van der Waals surface area contributed by atoms with Crippen LogP contribution in [0.25, 0.3) is 0 Å². The van der Waals surface area contributed by atoms with Crippen molar-refractivity contribution in [2.75, 3.05) is 14.2 Å². The van der Waals surface area contributed by atoms with Crippen LogP contribution in [0.5, 0.6) is 0 Å². The van der Waals surface area contributed by atoms with E-state index in [1.54, 1.807) is 20.4 Å². The van der Waals surface area contributed by atoms with Crippen LogP contribution in [0.4, 0.5) is 0 Å². The first-order chi connectivity index (χ1) is 4.76. The second-order valence-electron chi connectivity index (χ2n) is 1.86. The van der Waals surface area contributed by atoms with Gasteiger partial charge in [0.1, 0.15) is 0 Å². The highest BCUT2D eigenvalue weighted by Gasteiger charge is 2.05. The molecule has 0 saturated heterocycles. The number of nitrogens with zero attached hydrogens (tertiary/aromatic N) is 1. The van der Waals surface area contributed by atoms with Gasteiger partial charge in [-0.3, -0.25) is 4.99 Å². The summed E-state index contributed by atoms with van der Waals surface area (Å²) in [6, 6.07) is 0. The maximum Gasteiger partial charge on any atom is 0.180 e. The van der Waals surface area contributed by atoms with E-state index in [-0.39, 0.29) is 6.29 Å². The molecule has 0 aliphatic carbocycles. The van der Waals surface area contributed by atoms with Crippen LogP contribution in [0.2, 0.25) is 0 Å². The van der Waals surface area contributed by atoms with Crippen molar-refractivity contribution in [1.82, 2.24) is 0 Å². The topological polar surface area (TPSA) is 30.8 Å². The molecule has 0 aromatic heterocycles. The molecule has 0 aromatic rings. The van der Waals surface area contributed by atoms with Crippen molar-refractivity contribution in [3.8, 4) is 0 Å². The summed E-state index contributed by atoms with van der Waals surface area (Å²) in [5.74, 6) is 0. The lowest BCUT2D eigenvalue weighted by atomic mass is 10.3. The van der Waals surface area contributed by atoms with Gasteiger partial charge in [-0.1, -0.05) is 0 Å². The monoisotopic (exact) mass is 143 g/mol. The lowest BCUT2D eigenvalue weighted by molar-refractivity contribution is -0.0748.